The molecular formula is C19H32O4. The lowest BCUT2D eigenvalue weighted by Gasteiger charge is -2.04. The van der Waals surface area contributed by atoms with Gasteiger partial charge in [0.1, 0.15) is 0 Å². The van der Waals surface area contributed by atoms with E-state index in [4.69, 9.17) is 5.11 Å². The van der Waals surface area contributed by atoms with Gasteiger partial charge in [-0.25, -0.2) is 0 Å². The zero-order valence-electron chi connectivity index (χ0n) is 14.2. The lowest BCUT2D eigenvalue weighted by atomic mass is 10.1. The molecule has 2 atom stereocenters. The van der Waals surface area contributed by atoms with E-state index >= 15 is 0 Å². The first-order valence-electron chi connectivity index (χ1n) is 8.65. The second-order valence-corrected chi connectivity index (χ2v) is 5.78. The second-order valence-electron chi connectivity index (χ2n) is 5.78. The summed E-state index contributed by atoms with van der Waals surface area (Å²) in [5.41, 5.74) is 0. The van der Waals surface area contributed by atoms with Crippen LogP contribution >= 0.6 is 0 Å². The number of allylic oxidation sites excluding steroid dienone is 4. The fourth-order valence-electron chi connectivity index (χ4n) is 2.13. The van der Waals surface area contributed by atoms with E-state index in [9.17, 15) is 15.0 Å². The summed E-state index contributed by atoms with van der Waals surface area (Å²) in [5.74, 6) is -0.838. The highest BCUT2D eigenvalue weighted by molar-refractivity contribution is 5.66. The lowest BCUT2D eigenvalue weighted by Crippen LogP contribution is -2.03. The fourth-order valence-corrected chi connectivity index (χ4v) is 2.13. The number of carboxylic acids is 1. The Hall–Kier alpha value is -1.39. The summed E-state index contributed by atoms with van der Waals surface area (Å²) in [7, 11) is 0. The van der Waals surface area contributed by atoms with Crippen LogP contribution in [-0.4, -0.2) is 33.5 Å². The molecule has 0 aliphatic heterocycles. The molecule has 23 heavy (non-hydrogen) atoms. The number of rotatable bonds is 14. The van der Waals surface area contributed by atoms with E-state index in [2.05, 4.69) is 6.92 Å². The van der Waals surface area contributed by atoms with Gasteiger partial charge in [-0.1, -0.05) is 75.5 Å². The number of aliphatic carboxylic acids is 1. The Morgan fingerprint density at radius 2 is 1.35 bits per heavy atom. The van der Waals surface area contributed by atoms with Gasteiger partial charge in [0.2, 0.25) is 0 Å². The summed E-state index contributed by atoms with van der Waals surface area (Å²) >= 11 is 0. The topological polar surface area (TPSA) is 77.8 Å². The van der Waals surface area contributed by atoms with Crippen molar-refractivity contribution in [2.45, 2.75) is 76.9 Å². The van der Waals surface area contributed by atoms with E-state index in [1.54, 1.807) is 36.5 Å². The summed E-state index contributed by atoms with van der Waals surface area (Å²) in [6.45, 7) is 2.19. The predicted molar refractivity (Wildman–Crippen MR) is 94.3 cm³/mol. The molecule has 0 saturated carbocycles. The van der Waals surface area contributed by atoms with Crippen molar-refractivity contribution in [3.05, 3.63) is 36.5 Å². The molecule has 0 aliphatic carbocycles. The molecule has 4 heteroatoms. The van der Waals surface area contributed by atoms with Gasteiger partial charge in [-0.05, 0) is 19.3 Å². The minimum atomic E-state index is -0.838. The van der Waals surface area contributed by atoms with Crippen molar-refractivity contribution >= 4 is 5.97 Å². The summed E-state index contributed by atoms with van der Waals surface area (Å²) < 4.78 is 0. The molecule has 0 aromatic heterocycles. The van der Waals surface area contributed by atoms with E-state index in [0.717, 1.165) is 12.8 Å². The average Bonchev–Trinajstić information content (AvgIpc) is 2.50. The molecule has 0 aromatic carbocycles. The van der Waals surface area contributed by atoms with Crippen molar-refractivity contribution in [1.82, 2.24) is 0 Å². The summed E-state index contributed by atoms with van der Waals surface area (Å²) in [6, 6.07) is 0. The highest BCUT2D eigenvalue weighted by Gasteiger charge is 2.01. The van der Waals surface area contributed by atoms with Gasteiger partial charge in [0.25, 0.3) is 0 Å². The molecule has 0 bridgehead atoms. The average molecular weight is 324 g/mol. The van der Waals surface area contributed by atoms with Crippen molar-refractivity contribution in [3.8, 4) is 0 Å². The lowest BCUT2D eigenvalue weighted by molar-refractivity contribution is -0.137. The molecular weight excluding hydrogens is 292 g/mol. The molecule has 0 saturated heterocycles. The highest BCUT2D eigenvalue weighted by atomic mass is 16.4. The summed E-state index contributed by atoms with van der Waals surface area (Å²) in [5, 5.41) is 27.9. The van der Waals surface area contributed by atoms with E-state index in [1.807, 2.05) is 0 Å². The van der Waals surface area contributed by atoms with Crippen LogP contribution in [0.5, 0.6) is 0 Å². The molecule has 0 heterocycles. The minimum absolute atomic E-state index is 0.0831. The molecule has 0 radical (unpaired) electrons. The van der Waals surface area contributed by atoms with E-state index < -0.39 is 18.2 Å². The van der Waals surface area contributed by atoms with Crippen molar-refractivity contribution < 1.29 is 20.1 Å². The Balaban J connectivity index is 3.73. The van der Waals surface area contributed by atoms with Crippen LogP contribution in [0.1, 0.15) is 64.7 Å². The van der Waals surface area contributed by atoms with Crippen LogP contribution in [0.25, 0.3) is 0 Å². The van der Waals surface area contributed by atoms with Crippen LogP contribution in [0.4, 0.5) is 0 Å². The van der Waals surface area contributed by atoms with Gasteiger partial charge in [-0.3, -0.25) is 4.79 Å². The van der Waals surface area contributed by atoms with Crippen LogP contribution in [0.2, 0.25) is 0 Å². The van der Waals surface area contributed by atoms with Crippen molar-refractivity contribution in [2.24, 2.45) is 0 Å². The Bertz CT molecular complexity index is 372. The zero-order chi connectivity index (χ0) is 17.3. The fraction of sp³-hybridized carbons (Fsp3) is 0.632. The molecule has 4 nitrogen and oxygen atoms in total. The van der Waals surface area contributed by atoms with Gasteiger partial charge >= 0.3 is 5.97 Å². The third kappa shape index (κ3) is 16.8. The van der Waals surface area contributed by atoms with Gasteiger partial charge in [0.15, 0.2) is 0 Å². The van der Waals surface area contributed by atoms with Gasteiger partial charge in [0, 0.05) is 6.42 Å². The van der Waals surface area contributed by atoms with Gasteiger partial charge in [-0.2, -0.15) is 0 Å². The Morgan fingerprint density at radius 3 is 1.87 bits per heavy atom. The van der Waals surface area contributed by atoms with Crippen LogP contribution in [0.3, 0.4) is 0 Å². The van der Waals surface area contributed by atoms with Crippen molar-refractivity contribution in [1.29, 1.82) is 0 Å². The molecule has 3 N–H and O–H groups in total. The third-order valence-corrected chi connectivity index (χ3v) is 3.49. The molecule has 0 spiro atoms. The zero-order valence-corrected chi connectivity index (χ0v) is 14.2. The molecule has 0 fully saturated rings. The van der Waals surface area contributed by atoms with Crippen LogP contribution < -0.4 is 0 Å². The van der Waals surface area contributed by atoms with Gasteiger partial charge in [0.05, 0.1) is 12.2 Å². The first kappa shape index (κ1) is 21.6. The second kappa shape index (κ2) is 15.5. The van der Waals surface area contributed by atoms with Gasteiger partial charge < -0.3 is 15.3 Å². The third-order valence-electron chi connectivity index (χ3n) is 3.49. The van der Waals surface area contributed by atoms with E-state index in [-0.39, 0.29) is 6.42 Å². The normalized spacial score (nSPS) is 14.9. The number of hydrogen-bond donors (Lipinski definition) is 3. The van der Waals surface area contributed by atoms with Gasteiger partial charge in [-0.15, -0.1) is 0 Å². The van der Waals surface area contributed by atoms with Crippen LogP contribution in [-0.2, 0) is 4.79 Å². The molecule has 0 rings (SSSR count). The van der Waals surface area contributed by atoms with E-state index in [0.29, 0.717) is 12.8 Å². The highest BCUT2D eigenvalue weighted by Crippen LogP contribution is 2.08. The number of carbonyl (C=O) groups is 1. The maximum atomic E-state index is 10.3. The standard InChI is InChI=1S/C19H32O4/c1-2-3-4-5-8-12-17(20)13-9-6-7-10-14-18(21)15-11-16-19(22)23/h6-7,9-10,13-14,17-18,20-21H,2-5,8,11-12,15-16H2,1H3,(H,22,23)/b7-6+,13-9+,14-10-. The quantitative estimate of drug-likeness (QED) is 0.333. The summed E-state index contributed by atoms with van der Waals surface area (Å²) in [6.07, 6.45) is 17.3. The number of aliphatic hydroxyl groups is 2. The first-order chi connectivity index (χ1) is 11.1. The number of unbranched alkanes of at least 4 members (excludes halogenated alkanes) is 4. The monoisotopic (exact) mass is 324 g/mol. The maximum Gasteiger partial charge on any atom is 0.303 e. The van der Waals surface area contributed by atoms with Crippen LogP contribution in [0, 0.1) is 0 Å². The molecule has 2 unspecified atom stereocenters. The van der Waals surface area contributed by atoms with Crippen LogP contribution in [0.15, 0.2) is 36.5 Å². The number of aliphatic hydroxyl groups excluding tert-OH is 2. The molecule has 0 aromatic rings. The largest absolute Gasteiger partial charge is 0.481 e. The Kier molecular flexibility index (Phi) is 14.6. The number of carboxylic acid groups (broad SMARTS) is 1. The van der Waals surface area contributed by atoms with E-state index in [1.165, 1.54) is 25.7 Å². The van der Waals surface area contributed by atoms with Crippen molar-refractivity contribution in [2.75, 3.05) is 0 Å². The Labute approximate surface area is 140 Å². The SMILES string of the molecule is CCCCCCCC(O)/C=C/C=C/C=C\C(O)CCCC(=O)O. The predicted octanol–water partition coefficient (Wildman–Crippen LogP) is 3.99. The number of hydrogen-bond acceptors (Lipinski definition) is 3. The molecule has 0 aliphatic rings. The Morgan fingerprint density at radius 1 is 0.826 bits per heavy atom. The minimum Gasteiger partial charge on any atom is -0.481 e. The smallest absolute Gasteiger partial charge is 0.303 e. The van der Waals surface area contributed by atoms with Crippen molar-refractivity contribution in [3.63, 3.8) is 0 Å². The molecule has 132 valence electrons. The first-order valence-corrected chi connectivity index (χ1v) is 8.65. The maximum absolute atomic E-state index is 10.3. The summed E-state index contributed by atoms with van der Waals surface area (Å²) in [4.78, 5) is 10.3. The molecule has 0 amide bonds.